The Morgan fingerprint density at radius 2 is 2.33 bits per heavy atom. The summed E-state index contributed by atoms with van der Waals surface area (Å²) >= 11 is 1.43. The van der Waals surface area contributed by atoms with Crippen LogP contribution < -0.4 is 11.1 Å². The van der Waals surface area contributed by atoms with Gasteiger partial charge in [-0.1, -0.05) is 0 Å². The maximum atomic E-state index is 5.71. The summed E-state index contributed by atoms with van der Waals surface area (Å²) in [7, 11) is 1.78. The molecule has 5 heteroatoms. The van der Waals surface area contributed by atoms with Crippen LogP contribution in [0.3, 0.4) is 0 Å². The highest BCUT2D eigenvalue weighted by Crippen LogP contribution is 2.30. The SMILES string of the molecule is COC1CCCC1Nc1snc(N)c1C. The van der Waals surface area contributed by atoms with Gasteiger partial charge >= 0.3 is 0 Å². The molecule has 15 heavy (non-hydrogen) atoms. The van der Waals surface area contributed by atoms with Gasteiger partial charge in [0.2, 0.25) is 0 Å². The van der Waals surface area contributed by atoms with Crippen molar-refractivity contribution in [2.45, 2.75) is 38.3 Å². The van der Waals surface area contributed by atoms with Gasteiger partial charge in [-0.3, -0.25) is 0 Å². The fourth-order valence-corrected chi connectivity index (χ4v) is 2.80. The number of rotatable bonds is 3. The molecular formula is C10H17N3OS. The van der Waals surface area contributed by atoms with Crippen molar-refractivity contribution in [3.05, 3.63) is 5.56 Å². The Morgan fingerprint density at radius 1 is 1.53 bits per heavy atom. The highest BCUT2D eigenvalue weighted by molar-refractivity contribution is 7.10. The number of nitrogen functional groups attached to an aromatic ring is 1. The first-order chi connectivity index (χ1) is 7.22. The average Bonchev–Trinajstić information content (AvgIpc) is 2.80. The largest absolute Gasteiger partial charge is 0.383 e. The summed E-state index contributed by atoms with van der Waals surface area (Å²) < 4.78 is 9.56. The van der Waals surface area contributed by atoms with Crippen molar-refractivity contribution in [1.29, 1.82) is 0 Å². The third-order valence-corrected chi connectivity index (χ3v) is 3.93. The quantitative estimate of drug-likeness (QED) is 0.829. The summed E-state index contributed by atoms with van der Waals surface area (Å²) in [5, 5.41) is 4.57. The van der Waals surface area contributed by atoms with Gasteiger partial charge in [-0.05, 0) is 37.7 Å². The van der Waals surface area contributed by atoms with Crippen molar-refractivity contribution < 1.29 is 4.74 Å². The van der Waals surface area contributed by atoms with Crippen molar-refractivity contribution in [1.82, 2.24) is 4.37 Å². The molecule has 0 saturated heterocycles. The number of nitrogens with one attached hydrogen (secondary N) is 1. The molecule has 2 rings (SSSR count). The van der Waals surface area contributed by atoms with Crippen molar-refractivity contribution in [2.75, 3.05) is 18.2 Å². The predicted octanol–water partition coefficient (Wildman–Crippen LogP) is 2.01. The highest BCUT2D eigenvalue weighted by atomic mass is 32.1. The molecule has 84 valence electrons. The fraction of sp³-hybridized carbons (Fsp3) is 0.700. The minimum atomic E-state index is 0.327. The van der Waals surface area contributed by atoms with Crippen molar-refractivity contribution >= 4 is 22.4 Å². The lowest BCUT2D eigenvalue weighted by Gasteiger charge is -2.19. The van der Waals surface area contributed by atoms with Gasteiger partial charge in [-0.15, -0.1) is 0 Å². The van der Waals surface area contributed by atoms with Gasteiger partial charge in [0.05, 0.1) is 12.1 Å². The van der Waals surface area contributed by atoms with E-state index in [0.29, 0.717) is 18.0 Å². The number of nitrogens with zero attached hydrogens (tertiary/aromatic N) is 1. The van der Waals surface area contributed by atoms with Crippen LogP contribution in [0.2, 0.25) is 0 Å². The molecule has 3 N–H and O–H groups in total. The number of methoxy groups -OCH3 is 1. The van der Waals surface area contributed by atoms with Gasteiger partial charge in [-0.2, -0.15) is 4.37 Å². The summed E-state index contributed by atoms with van der Waals surface area (Å²) in [5.74, 6) is 0.634. The molecule has 1 aromatic rings. The molecule has 0 bridgehead atoms. The van der Waals surface area contributed by atoms with E-state index >= 15 is 0 Å². The summed E-state index contributed by atoms with van der Waals surface area (Å²) in [6.07, 6.45) is 3.86. The lowest BCUT2D eigenvalue weighted by molar-refractivity contribution is 0.101. The predicted molar refractivity (Wildman–Crippen MR) is 63.3 cm³/mol. The second kappa shape index (κ2) is 4.37. The molecule has 1 aliphatic rings. The van der Waals surface area contributed by atoms with Crippen LogP contribution in [0.1, 0.15) is 24.8 Å². The molecule has 1 aromatic heterocycles. The Kier molecular flexibility index (Phi) is 3.11. The Bertz CT molecular complexity index is 339. The molecular weight excluding hydrogens is 210 g/mol. The number of ether oxygens (including phenoxy) is 1. The van der Waals surface area contributed by atoms with Crippen LogP contribution >= 0.6 is 11.5 Å². The zero-order chi connectivity index (χ0) is 10.8. The third-order valence-electron chi connectivity index (χ3n) is 3.03. The Labute approximate surface area is 94.0 Å². The molecule has 1 fully saturated rings. The molecule has 4 nitrogen and oxygen atoms in total. The van der Waals surface area contributed by atoms with Crippen LogP contribution in [-0.4, -0.2) is 23.6 Å². The van der Waals surface area contributed by atoms with Gasteiger partial charge in [0.1, 0.15) is 10.8 Å². The molecule has 1 heterocycles. The number of hydrogen-bond acceptors (Lipinski definition) is 5. The van der Waals surface area contributed by atoms with Gasteiger partial charge in [0.15, 0.2) is 0 Å². The van der Waals surface area contributed by atoms with Gasteiger partial charge in [-0.25, -0.2) is 0 Å². The monoisotopic (exact) mass is 227 g/mol. The van der Waals surface area contributed by atoms with Crippen LogP contribution in [0.25, 0.3) is 0 Å². The van der Waals surface area contributed by atoms with Crippen LogP contribution in [0, 0.1) is 6.92 Å². The van der Waals surface area contributed by atoms with E-state index in [4.69, 9.17) is 10.5 Å². The molecule has 0 aliphatic heterocycles. The maximum absolute atomic E-state index is 5.71. The number of aromatic nitrogens is 1. The molecule has 0 amide bonds. The smallest absolute Gasteiger partial charge is 0.142 e. The summed E-state index contributed by atoms with van der Waals surface area (Å²) in [4.78, 5) is 0. The average molecular weight is 227 g/mol. The minimum absolute atomic E-state index is 0.327. The number of anilines is 2. The summed E-state index contributed by atoms with van der Waals surface area (Å²) in [6, 6.07) is 0.411. The minimum Gasteiger partial charge on any atom is -0.383 e. The zero-order valence-corrected chi connectivity index (χ0v) is 9.93. The zero-order valence-electron chi connectivity index (χ0n) is 9.12. The fourth-order valence-electron chi connectivity index (χ4n) is 2.02. The molecule has 2 atom stereocenters. The number of nitrogens with two attached hydrogens (primary N) is 1. The molecule has 1 saturated carbocycles. The van der Waals surface area contributed by atoms with Crippen LogP contribution in [0.15, 0.2) is 0 Å². The Morgan fingerprint density at radius 3 is 2.93 bits per heavy atom. The number of hydrogen-bond donors (Lipinski definition) is 2. The van der Waals surface area contributed by atoms with Gasteiger partial charge < -0.3 is 15.8 Å². The highest BCUT2D eigenvalue weighted by Gasteiger charge is 2.27. The lowest BCUT2D eigenvalue weighted by Crippen LogP contribution is -2.29. The van der Waals surface area contributed by atoms with E-state index in [9.17, 15) is 0 Å². The lowest BCUT2D eigenvalue weighted by atomic mass is 10.2. The normalized spacial score (nSPS) is 25.7. The van der Waals surface area contributed by atoms with Gasteiger partial charge in [0, 0.05) is 12.7 Å². The van der Waals surface area contributed by atoms with E-state index in [1.807, 2.05) is 6.92 Å². The van der Waals surface area contributed by atoms with Crippen LogP contribution in [0.5, 0.6) is 0 Å². The topological polar surface area (TPSA) is 60.2 Å². The van der Waals surface area contributed by atoms with E-state index in [1.54, 1.807) is 7.11 Å². The Hall–Kier alpha value is -0.810. The van der Waals surface area contributed by atoms with Crippen molar-refractivity contribution in [2.24, 2.45) is 0 Å². The second-order valence-electron chi connectivity index (χ2n) is 3.98. The summed E-state index contributed by atoms with van der Waals surface area (Å²) in [6.45, 7) is 2.00. The standard InChI is InChI=1S/C10H17N3OS/c1-6-9(11)13-15-10(6)12-7-4-3-5-8(7)14-2/h7-8,12H,3-5H2,1-2H3,(H2,11,13). The molecule has 0 radical (unpaired) electrons. The van der Waals surface area contributed by atoms with Crippen LogP contribution in [-0.2, 0) is 4.74 Å². The first-order valence-corrected chi connectivity index (χ1v) is 6.00. The molecule has 1 aliphatic carbocycles. The third kappa shape index (κ3) is 2.08. The van der Waals surface area contributed by atoms with Crippen molar-refractivity contribution in [3.63, 3.8) is 0 Å². The van der Waals surface area contributed by atoms with E-state index in [1.165, 1.54) is 18.0 Å². The Balaban J connectivity index is 2.05. The van der Waals surface area contributed by atoms with E-state index in [-0.39, 0.29) is 0 Å². The van der Waals surface area contributed by atoms with E-state index < -0.39 is 0 Å². The second-order valence-corrected chi connectivity index (χ2v) is 4.75. The molecule has 0 spiro atoms. The maximum Gasteiger partial charge on any atom is 0.142 e. The summed E-state index contributed by atoms with van der Waals surface area (Å²) in [5.41, 5.74) is 6.77. The van der Waals surface area contributed by atoms with Crippen molar-refractivity contribution in [3.8, 4) is 0 Å². The molecule has 0 aromatic carbocycles. The van der Waals surface area contributed by atoms with Crippen LogP contribution in [0.4, 0.5) is 10.8 Å². The van der Waals surface area contributed by atoms with Gasteiger partial charge in [0.25, 0.3) is 0 Å². The first-order valence-electron chi connectivity index (χ1n) is 5.23. The first kappa shape index (κ1) is 10.7. The molecule has 2 unspecified atom stereocenters. The van der Waals surface area contributed by atoms with E-state index in [2.05, 4.69) is 9.69 Å². The van der Waals surface area contributed by atoms with E-state index in [0.717, 1.165) is 23.4 Å².